The maximum atomic E-state index is 11.7. The molecule has 1 amide bonds. The third-order valence-electron chi connectivity index (χ3n) is 1.96. The van der Waals surface area contributed by atoms with Crippen molar-refractivity contribution in [1.29, 1.82) is 0 Å². The van der Waals surface area contributed by atoms with Crippen LogP contribution in [0, 0.1) is 0 Å². The molecular formula is C10H14BrN3O3. The molecule has 0 atom stereocenters. The molecule has 1 heterocycles. The van der Waals surface area contributed by atoms with Crippen molar-refractivity contribution in [3.63, 3.8) is 0 Å². The lowest BCUT2D eigenvalue weighted by Gasteiger charge is -2.02. The van der Waals surface area contributed by atoms with Crippen molar-refractivity contribution in [2.24, 2.45) is 0 Å². The molecule has 0 spiro atoms. The molecule has 0 bridgehead atoms. The summed E-state index contributed by atoms with van der Waals surface area (Å²) in [5.41, 5.74) is 0.240. The number of carbonyl (C=O) groups is 2. The number of carbonyl (C=O) groups excluding carboxylic acids is 2. The molecule has 1 aromatic rings. The van der Waals surface area contributed by atoms with Crippen molar-refractivity contribution in [3.8, 4) is 0 Å². The quantitative estimate of drug-likeness (QED) is 0.861. The molecule has 0 fully saturated rings. The minimum absolute atomic E-state index is 0.213. The normalized spacial score (nSPS) is 10.1. The lowest BCUT2D eigenvalue weighted by Crippen LogP contribution is -2.12. The zero-order chi connectivity index (χ0) is 13.0. The zero-order valence-corrected chi connectivity index (χ0v) is 11.5. The number of amides is 1. The number of ether oxygens (including phenoxy) is 1. The number of aryl methyl sites for hydroxylation is 1. The Balaban J connectivity index is 3.18. The van der Waals surface area contributed by atoms with Crippen molar-refractivity contribution >= 4 is 33.6 Å². The van der Waals surface area contributed by atoms with Crippen molar-refractivity contribution < 1.29 is 14.3 Å². The van der Waals surface area contributed by atoms with Crippen LogP contribution in [0.15, 0.2) is 4.60 Å². The van der Waals surface area contributed by atoms with E-state index in [1.54, 1.807) is 11.6 Å². The molecule has 0 unspecified atom stereocenters. The number of hydrogen-bond donors (Lipinski definition) is 1. The third-order valence-corrected chi connectivity index (χ3v) is 2.77. The highest BCUT2D eigenvalue weighted by molar-refractivity contribution is 9.10. The van der Waals surface area contributed by atoms with Crippen LogP contribution in [-0.4, -0.2) is 28.3 Å². The van der Waals surface area contributed by atoms with Crippen LogP contribution in [-0.2, 0) is 16.1 Å². The molecule has 6 nitrogen and oxygen atoms in total. The van der Waals surface area contributed by atoms with Crippen LogP contribution >= 0.6 is 15.9 Å². The van der Waals surface area contributed by atoms with Crippen LogP contribution in [0.5, 0.6) is 0 Å². The molecule has 1 N–H and O–H groups in total. The summed E-state index contributed by atoms with van der Waals surface area (Å²) in [5.74, 6) is -0.587. The van der Waals surface area contributed by atoms with E-state index in [0.717, 1.165) is 0 Å². The fourth-order valence-corrected chi connectivity index (χ4v) is 1.97. The molecule has 1 aromatic heterocycles. The van der Waals surface area contributed by atoms with Gasteiger partial charge in [0.05, 0.1) is 6.61 Å². The zero-order valence-electron chi connectivity index (χ0n) is 9.91. The van der Waals surface area contributed by atoms with Crippen LogP contribution < -0.4 is 5.32 Å². The lowest BCUT2D eigenvalue weighted by atomic mass is 10.3. The molecule has 17 heavy (non-hydrogen) atoms. The Kier molecular flexibility index (Phi) is 4.68. The van der Waals surface area contributed by atoms with E-state index in [4.69, 9.17) is 4.74 Å². The number of esters is 1. The molecule has 94 valence electrons. The van der Waals surface area contributed by atoms with E-state index in [1.807, 2.05) is 6.92 Å². The van der Waals surface area contributed by atoms with Crippen LogP contribution in [0.4, 0.5) is 5.82 Å². The molecule has 0 saturated heterocycles. The van der Waals surface area contributed by atoms with Crippen LogP contribution in [0.25, 0.3) is 0 Å². The number of anilines is 1. The predicted octanol–water partition coefficient (Wildman–Crippen LogP) is 1.80. The topological polar surface area (TPSA) is 73.2 Å². The highest BCUT2D eigenvalue weighted by Gasteiger charge is 2.23. The maximum Gasteiger partial charge on any atom is 0.344 e. The van der Waals surface area contributed by atoms with Gasteiger partial charge < -0.3 is 10.1 Å². The van der Waals surface area contributed by atoms with Crippen molar-refractivity contribution in [3.05, 3.63) is 10.2 Å². The van der Waals surface area contributed by atoms with Gasteiger partial charge >= 0.3 is 5.97 Å². The SMILES string of the molecule is CCOC(=O)c1c(NC(C)=O)nn(CC)c1Br. The van der Waals surface area contributed by atoms with E-state index in [1.165, 1.54) is 6.92 Å². The number of nitrogens with one attached hydrogen (secondary N) is 1. The highest BCUT2D eigenvalue weighted by Crippen LogP contribution is 2.25. The van der Waals surface area contributed by atoms with Gasteiger partial charge in [0, 0.05) is 13.5 Å². The minimum atomic E-state index is -0.511. The average Bonchev–Trinajstić information content (AvgIpc) is 2.54. The van der Waals surface area contributed by atoms with E-state index in [2.05, 4.69) is 26.3 Å². The maximum absolute atomic E-state index is 11.7. The molecule has 0 aromatic carbocycles. The summed E-state index contributed by atoms with van der Waals surface area (Å²) in [5, 5.41) is 6.62. The van der Waals surface area contributed by atoms with E-state index < -0.39 is 5.97 Å². The fraction of sp³-hybridized carbons (Fsp3) is 0.500. The Morgan fingerprint density at radius 3 is 2.59 bits per heavy atom. The van der Waals surface area contributed by atoms with Crippen LogP contribution in [0.3, 0.4) is 0 Å². The molecule has 0 aliphatic heterocycles. The first kappa shape index (κ1) is 13.7. The summed E-state index contributed by atoms with van der Waals surface area (Å²) < 4.78 is 6.98. The minimum Gasteiger partial charge on any atom is -0.462 e. The van der Waals surface area contributed by atoms with Gasteiger partial charge in [-0.2, -0.15) is 5.10 Å². The Morgan fingerprint density at radius 1 is 1.47 bits per heavy atom. The molecule has 0 radical (unpaired) electrons. The van der Waals surface area contributed by atoms with Gasteiger partial charge in [0.15, 0.2) is 5.82 Å². The second kappa shape index (κ2) is 5.81. The van der Waals surface area contributed by atoms with E-state index in [0.29, 0.717) is 11.1 Å². The number of hydrogen-bond acceptors (Lipinski definition) is 4. The average molecular weight is 304 g/mol. The van der Waals surface area contributed by atoms with Gasteiger partial charge in [0.25, 0.3) is 0 Å². The first-order valence-corrected chi connectivity index (χ1v) is 6.01. The van der Waals surface area contributed by atoms with Crippen LogP contribution in [0.1, 0.15) is 31.1 Å². The standard InChI is InChI=1S/C10H14BrN3O3/c1-4-14-8(11)7(10(16)17-5-2)9(13-14)12-6(3)15/h4-5H2,1-3H3,(H,12,13,15). The summed E-state index contributed by atoms with van der Waals surface area (Å²) in [6, 6.07) is 0. The highest BCUT2D eigenvalue weighted by atomic mass is 79.9. The predicted molar refractivity (Wildman–Crippen MR) is 65.9 cm³/mol. The lowest BCUT2D eigenvalue weighted by molar-refractivity contribution is -0.114. The van der Waals surface area contributed by atoms with Crippen LogP contribution in [0.2, 0.25) is 0 Å². The molecule has 0 aliphatic carbocycles. The van der Waals surface area contributed by atoms with Gasteiger partial charge in [-0.1, -0.05) is 0 Å². The molecular weight excluding hydrogens is 290 g/mol. The van der Waals surface area contributed by atoms with E-state index >= 15 is 0 Å². The molecule has 0 aliphatic rings. The summed E-state index contributed by atoms with van der Waals surface area (Å²) in [6.07, 6.45) is 0. The first-order chi connectivity index (χ1) is 8.01. The Hall–Kier alpha value is -1.37. The first-order valence-electron chi connectivity index (χ1n) is 5.22. The van der Waals surface area contributed by atoms with E-state index in [-0.39, 0.29) is 23.9 Å². The summed E-state index contributed by atoms with van der Waals surface area (Å²) in [7, 11) is 0. The number of aromatic nitrogens is 2. The third kappa shape index (κ3) is 3.06. The van der Waals surface area contributed by atoms with Crippen molar-refractivity contribution in [1.82, 2.24) is 9.78 Å². The van der Waals surface area contributed by atoms with Gasteiger partial charge in [-0.25, -0.2) is 4.79 Å². The van der Waals surface area contributed by atoms with Crippen molar-refractivity contribution in [2.75, 3.05) is 11.9 Å². The van der Waals surface area contributed by atoms with Crippen molar-refractivity contribution in [2.45, 2.75) is 27.3 Å². The monoisotopic (exact) mass is 303 g/mol. The summed E-state index contributed by atoms with van der Waals surface area (Å²) in [6.45, 7) is 5.79. The van der Waals surface area contributed by atoms with E-state index in [9.17, 15) is 9.59 Å². The largest absolute Gasteiger partial charge is 0.462 e. The smallest absolute Gasteiger partial charge is 0.344 e. The second-order valence-corrected chi connectivity index (χ2v) is 3.98. The Labute approximate surface area is 107 Å². The molecule has 0 saturated carbocycles. The Bertz CT molecular complexity index is 442. The van der Waals surface area contributed by atoms with Gasteiger partial charge in [0.1, 0.15) is 10.2 Å². The van der Waals surface area contributed by atoms with Gasteiger partial charge in [-0.05, 0) is 29.8 Å². The second-order valence-electron chi connectivity index (χ2n) is 3.23. The number of halogens is 1. The molecule has 1 rings (SSSR count). The summed E-state index contributed by atoms with van der Waals surface area (Å²) in [4.78, 5) is 22.8. The fourth-order valence-electron chi connectivity index (χ4n) is 1.29. The number of nitrogens with zero attached hydrogens (tertiary/aromatic N) is 2. The van der Waals surface area contributed by atoms with Gasteiger partial charge in [-0.3, -0.25) is 9.48 Å². The van der Waals surface area contributed by atoms with Gasteiger partial charge in [0.2, 0.25) is 5.91 Å². The Morgan fingerprint density at radius 2 is 2.12 bits per heavy atom. The van der Waals surface area contributed by atoms with Gasteiger partial charge in [-0.15, -0.1) is 0 Å². The molecule has 7 heteroatoms. The number of rotatable bonds is 4. The summed E-state index contributed by atoms with van der Waals surface area (Å²) >= 11 is 3.27.